The van der Waals surface area contributed by atoms with Gasteiger partial charge in [0.25, 0.3) is 0 Å². The summed E-state index contributed by atoms with van der Waals surface area (Å²) in [5.41, 5.74) is -4.03. The number of nitrogens with one attached hydrogen (secondary N) is 2. The molecule has 1 aromatic rings. The van der Waals surface area contributed by atoms with Gasteiger partial charge in [-0.15, -0.1) is 0 Å². The molecule has 9 heteroatoms. The van der Waals surface area contributed by atoms with E-state index in [1.54, 1.807) is 0 Å². The number of alkyl halides is 6. The Balaban J connectivity index is 1.93. The first-order valence-electron chi connectivity index (χ1n) is 7.87. The summed E-state index contributed by atoms with van der Waals surface area (Å²) in [4.78, 5) is 12.2. The molecule has 1 amide bonds. The minimum Gasteiger partial charge on any atom is -0.345 e. The van der Waals surface area contributed by atoms with Crippen LogP contribution in [0.5, 0.6) is 0 Å². The molecule has 1 atom stereocenters. The molecule has 1 aromatic carbocycles. The SMILES string of the molecule is O=C(NC1(c2cc(C(F)(F)F)cc(C(F)(F)F)c2)CC1)[C@H]1CCCN1. The monoisotopic (exact) mass is 366 g/mol. The van der Waals surface area contributed by atoms with E-state index in [1.165, 1.54) is 0 Å². The lowest BCUT2D eigenvalue weighted by Crippen LogP contribution is -2.45. The van der Waals surface area contributed by atoms with Crippen molar-refractivity contribution in [1.82, 2.24) is 10.6 Å². The van der Waals surface area contributed by atoms with Crippen molar-refractivity contribution in [2.24, 2.45) is 0 Å². The lowest BCUT2D eigenvalue weighted by Gasteiger charge is -2.23. The van der Waals surface area contributed by atoms with Gasteiger partial charge < -0.3 is 10.6 Å². The van der Waals surface area contributed by atoms with Crippen LogP contribution in [0, 0.1) is 0 Å². The lowest BCUT2D eigenvalue weighted by atomic mass is 9.97. The molecule has 3 rings (SSSR count). The minimum absolute atomic E-state index is 0.0971. The predicted molar refractivity (Wildman–Crippen MR) is 76.5 cm³/mol. The van der Waals surface area contributed by atoms with Crippen LogP contribution in [0.25, 0.3) is 0 Å². The number of carbonyl (C=O) groups excluding carboxylic acids is 1. The molecule has 1 aliphatic heterocycles. The Bertz CT molecular complexity index is 640. The van der Waals surface area contributed by atoms with Crippen LogP contribution in [0.4, 0.5) is 26.3 Å². The van der Waals surface area contributed by atoms with E-state index in [9.17, 15) is 31.1 Å². The smallest absolute Gasteiger partial charge is 0.345 e. The molecule has 2 aliphatic rings. The molecule has 1 saturated carbocycles. The first-order chi connectivity index (χ1) is 11.5. The van der Waals surface area contributed by atoms with Gasteiger partial charge in [0.15, 0.2) is 0 Å². The van der Waals surface area contributed by atoms with Crippen LogP contribution in [0.15, 0.2) is 18.2 Å². The Kier molecular flexibility index (Phi) is 4.25. The largest absolute Gasteiger partial charge is 0.416 e. The lowest BCUT2D eigenvalue weighted by molar-refractivity contribution is -0.143. The van der Waals surface area contributed by atoms with E-state index in [2.05, 4.69) is 10.6 Å². The maximum absolute atomic E-state index is 13.0. The Morgan fingerprint density at radius 3 is 2.00 bits per heavy atom. The zero-order valence-electron chi connectivity index (χ0n) is 13.0. The second kappa shape index (κ2) is 5.89. The Morgan fingerprint density at radius 2 is 1.60 bits per heavy atom. The van der Waals surface area contributed by atoms with E-state index in [-0.39, 0.29) is 17.5 Å². The van der Waals surface area contributed by atoms with Gasteiger partial charge in [0.1, 0.15) is 0 Å². The highest BCUT2D eigenvalue weighted by atomic mass is 19.4. The highest BCUT2D eigenvalue weighted by Crippen LogP contribution is 2.48. The zero-order chi connectivity index (χ0) is 18.5. The maximum atomic E-state index is 13.0. The summed E-state index contributed by atoms with van der Waals surface area (Å²) in [7, 11) is 0. The van der Waals surface area contributed by atoms with Crippen molar-refractivity contribution in [3.8, 4) is 0 Å². The number of rotatable bonds is 3. The number of hydrogen-bond acceptors (Lipinski definition) is 2. The van der Waals surface area contributed by atoms with Gasteiger partial charge in [0.05, 0.1) is 22.7 Å². The summed E-state index contributed by atoms with van der Waals surface area (Å²) in [5.74, 6) is -0.388. The van der Waals surface area contributed by atoms with Crippen LogP contribution in [0.2, 0.25) is 0 Å². The topological polar surface area (TPSA) is 41.1 Å². The summed E-state index contributed by atoms with van der Waals surface area (Å²) in [6, 6.07) is 1.04. The average molecular weight is 366 g/mol. The molecule has 0 aromatic heterocycles. The fourth-order valence-electron chi connectivity index (χ4n) is 3.07. The second-order valence-electron chi connectivity index (χ2n) is 6.51. The molecule has 0 radical (unpaired) electrons. The van der Waals surface area contributed by atoms with Gasteiger partial charge in [-0.3, -0.25) is 4.79 Å². The molecule has 2 fully saturated rings. The second-order valence-corrected chi connectivity index (χ2v) is 6.51. The number of carbonyl (C=O) groups is 1. The Morgan fingerprint density at radius 1 is 1.04 bits per heavy atom. The predicted octanol–water partition coefficient (Wildman–Crippen LogP) is 3.58. The molecule has 1 saturated heterocycles. The van der Waals surface area contributed by atoms with Gasteiger partial charge in [0.2, 0.25) is 5.91 Å². The van der Waals surface area contributed by atoms with Crippen molar-refractivity contribution in [1.29, 1.82) is 0 Å². The van der Waals surface area contributed by atoms with Crippen LogP contribution >= 0.6 is 0 Å². The fraction of sp³-hybridized carbons (Fsp3) is 0.562. The van der Waals surface area contributed by atoms with Crippen LogP contribution in [0.1, 0.15) is 42.4 Å². The molecule has 2 N–H and O–H groups in total. The van der Waals surface area contributed by atoms with Crippen molar-refractivity contribution in [3.05, 3.63) is 34.9 Å². The fourth-order valence-corrected chi connectivity index (χ4v) is 3.07. The third kappa shape index (κ3) is 3.75. The van der Waals surface area contributed by atoms with Gasteiger partial charge in [-0.2, -0.15) is 26.3 Å². The Labute approximate surface area is 139 Å². The van der Waals surface area contributed by atoms with Gasteiger partial charge in [-0.25, -0.2) is 0 Å². The normalized spacial score (nSPS) is 22.7. The molecule has 0 bridgehead atoms. The molecule has 138 valence electrons. The van der Waals surface area contributed by atoms with Crippen LogP contribution in [-0.4, -0.2) is 18.5 Å². The summed E-state index contributed by atoms with van der Waals surface area (Å²) in [6.45, 7) is 0.660. The van der Waals surface area contributed by atoms with Crippen molar-refractivity contribution < 1.29 is 31.1 Å². The number of amides is 1. The quantitative estimate of drug-likeness (QED) is 0.803. The first kappa shape index (κ1) is 18.0. The molecule has 3 nitrogen and oxygen atoms in total. The molecule has 1 heterocycles. The third-order valence-corrected chi connectivity index (χ3v) is 4.63. The van der Waals surface area contributed by atoms with Crippen molar-refractivity contribution in [3.63, 3.8) is 0 Å². The highest BCUT2D eigenvalue weighted by Gasteiger charge is 2.49. The van der Waals surface area contributed by atoms with E-state index < -0.39 is 35.1 Å². The first-order valence-corrected chi connectivity index (χ1v) is 7.87. The summed E-state index contributed by atoms with van der Waals surface area (Å²) < 4.78 is 77.9. The van der Waals surface area contributed by atoms with Crippen LogP contribution in [0.3, 0.4) is 0 Å². The average Bonchev–Trinajstić information content (AvgIpc) is 3.08. The highest BCUT2D eigenvalue weighted by molar-refractivity contribution is 5.83. The summed E-state index contributed by atoms with van der Waals surface area (Å²) in [5, 5.41) is 5.60. The summed E-state index contributed by atoms with van der Waals surface area (Å²) >= 11 is 0. The molecule has 25 heavy (non-hydrogen) atoms. The third-order valence-electron chi connectivity index (χ3n) is 4.63. The van der Waals surface area contributed by atoms with Gasteiger partial charge in [-0.1, -0.05) is 0 Å². The zero-order valence-corrected chi connectivity index (χ0v) is 13.0. The molecular weight excluding hydrogens is 350 g/mol. The molecule has 0 unspecified atom stereocenters. The molecule has 0 spiro atoms. The standard InChI is InChI=1S/C16H16F6N2O/c17-15(18,19)10-6-9(7-11(8-10)16(20,21)22)14(3-4-14)24-13(25)12-2-1-5-23-12/h6-8,12,23H,1-5H2,(H,24,25)/t12-/m1/s1. The van der Waals surface area contributed by atoms with E-state index >= 15 is 0 Å². The van der Waals surface area contributed by atoms with Crippen molar-refractivity contribution >= 4 is 5.91 Å². The summed E-state index contributed by atoms with van der Waals surface area (Å²) in [6.07, 6.45) is -7.79. The number of halogens is 6. The molecular formula is C16H16F6N2O. The van der Waals surface area contributed by atoms with Gasteiger partial charge in [-0.05, 0) is 56.0 Å². The van der Waals surface area contributed by atoms with E-state index in [0.717, 1.165) is 6.42 Å². The van der Waals surface area contributed by atoms with E-state index in [0.29, 0.717) is 37.9 Å². The van der Waals surface area contributed by atoms with Gasteiger partial charge in [0, 0.05) is 0 Å². The minimum atomic E-state index is -4.90. The van der Waals surface area contributed by atoms with Crippen molar-refractivity contribution in [2.45, 2.75) is 49.6 Å². The number of benzene rings is 1. The van der Waals surface area contributed by atoms with E-state index in [1.807, 2.05) is 0 Å². The van der Waals surface area contributed by atoms with E-state index in [4.69, 9.17) is 0 Å². The Hall–Kier alpha value is -1.77. The van der Waals surface area contributed by atoms with Crippen LogP contribution < -0.4 is 10.6 Å². The van der Waals surface area contributed by atoms with Gasteiger partial charge >= 0.3 is 12.4 Å². The molecule has 1 aliphatic carbocycles. The van der Waals surface area contributed by atoms with Crippen molar-refractivity contribution in [2.75, 3.05) is 6.54 Å². The number of hydrogen-bond donors (Lipinski definition) is 2. The van der Waals surface area contributed by atoms with Crippen LogP contribution in [-0.2, 0) is 22.7 Å². The maximum Gasteiger partial charge on any atom is 0.416 e.